The Morgan fingerprint density at radius 3 is 2.72 bits per heavy atom. The van der Waals surface area contributed by atoms with Gasteiger partial charge in [0.1, 0.15) is 5.69 Å². The first-order chi connectivity index (χ1) is 8.69. The fourth-order valence-corrected chi connectivity index (χ4v) is 2.12. The fourth-order valence-electron chi connectivity index (χ4n) is 1.37. The molecule has 0 N–H and O–H groups in total. The molecular weight excluding hydrogens is 246 g/mol. The van der Waals surface area contributed by atoms with Crippen LogP contribution in [0.25, 0.3) is 0 Å². The molecule has 0 unspecified atom stereocenters. The number of hydrogen-bond acceptors (Lipinski definition) is 5. The zero-order chi connectivity index (χ0) is 13.0. The van der Waals surface area contributed by atoms with E-state index in [0.29, 0.717) is 17.3 Å². The van der Waals surface area contributed by atoms with Crippen LogP contribution in [0.4, 0.5) is 0 Å². The average Bonchev–Trinajstić information content (AvgIpc) is 2.39. The lowest BCUT2D eigenvalue weighted by atomic mass is 10.2. The van der Waals surface area contributed by atoms with Gasteiger partial charge in [0.15, 0.2) is 10.9 Å². The van der Waals surface area contributed by atoms with Crippen molar-refractivity contribution >= 4 is 17.5 Å². The molecule has 0 spiro atoms. The van der Waals surface area contributed by atoms with Crippen LogP contribution in [0.5, 0.6) is 0 Å². The molecule has 0 aliphatic rings. The minimum atomic E-state index is 0.0540. The molecule has 2 rings (SSSR count). The number of pyridine rings is 1. The van der Waals surface area contributed by atoms with Gasteiger partial charge in [-0.3, -0.25) is 9.78 Å². The predicted molar refractivity (Wildman–Crippen MR) is 69.8 cm³/mol. The van der Waals surface area contributed by atoms with Crippen LogP contribution in [0.1, 0.15) is 29.5 Å². The summed E-state index contributed by atoms with van der Waals surface area (Å²) in [7, 11) is 0. The van der Waals surface area contributed by atoms with Gasteiger partial charge >= 0.3 is 0 Å². The van der Waals surface area contributed by atoms with E-state index in [4.69, 9.17) is 0 Å². The molecular formula is C13H13N3OS. The summed E-state index contributed by atoms with van der Waals surface area (Å²) in [4.78, 5) is 25.0. The van der Waals surface area contributed by atoms with Gasteiger partial charge < -0.3 is 0 Å². The molecule has 0 aromatic carbocycles. The second kappa shape index (κ2) is 5.73. The van der Waals surface area contributed by atoms with E-state index in [1.165, 1.54) is 11.8 Å². The van der Waals surface area contributed by atoms with Crippen molar-refractivity contribution in [2.75, 3.05) is 0 Å². The molecule has 0 atom stereocenters. The summed E-state index contributed by atoms with van der Waals surface area (Å²) < 4.78 is 0. The lowest BCUT2D eigenvalue weighted by molar-refractivity contribution is 0.0983. The zero-order valence-electron chi connectivity index (χ0n) is 10.3. The van der Waals surface area contributed by atoms with Crippen LogP contribution in [0.15, 0.2) is 40.6 Å². The first kappa shape index (κ1) is 12.7. The molecule has 0 radical (unpaired) electrons. The van der Waals surface area contributed by atoms with Crippen molar-refractivity contribution in [2.24, 2.45) is 0 Å². The van der Waals surface area contributed by atoms with Crippen molar-refractivity contribution in [3.05, 3.63) is 42.0 Å². The number of hydrogen-bond donors (Lipinski definition) is 0. The Labute approximate surface area is 110 Å². The highest BCUT2D eigenvalue weighted by Crippen LogP contribution is 2.23. The molecule has 0 amide bonds. The van der Waals surface area contributed by atoms with Gasteiger partial charge in [-0.05, 0) is 36.9 Å². The van der Waals surface area contributed by atoms with E-state index in [2.05, 4.69) is 15.0 Å². The number of aryl methyl sites for hydroxylation is 1. The van der Waals surface area contributed by atoms with Crippen molar-refractivity contribution in [1.29, 1.82) is 0 Å². The van der Waals surface area contributed by atoms with Crippen LogP contribution >= 0.6 is 11.8 Å². The molecule has 92 valence electrons. The Balaban J connectivity index is 2.13. The number of rotatable bonds is 4. The molecule has 0 aliphatic carbocycles. The normalized spacial score (nSPS) is 10.3. The fraction of sp³-hybridized carbons (Fsp3) is 0.231. The lowest BCUT2D eigenvalue weighted by Crippen LogP contribution is -1.99. The van der Waals surface area contributed by atoms with Crippen LogP contribution in [0.2, 0.25) is 0 Å². The van der Waals surface area contributed by atoms with Crippen LogP contribution in [0.3, 0.4) is 0 Å². The maximum absolute atomic E-state index is 11.4. The lowest BCUT2D eigenvalue weighted by Gasteiger charge is -2.01. The van der Waals surface area contributed by atoms with Crippen LogP contribution in [-0.4, -0.2) is 20.7 Å². The first-order valence-corrected chi connectivity index (χ1v) is 6.47. The largest absolute Gasteiger partial charge is 0.292 e. The van der Waals surface area contributed by atoms with E-state index in [1.807, 2.05) is 26.0 Å². The van der Waals surface area contributed by atoms with Crippen LogP contribution < -0.4 is 0 Å². The van der Waals surface area contributed by atoms with E-state index in [1.54, 1.807) is 18.5 Å². The van der Waals surface area contributed by atoms with Gasteiger partial charge in [0.05, 0.1) is 0 Å². The Morgan fingerprint density at radius 1 is 1.28 bits per heavy atom. The molecule has 18 heavy (non-hydrogen) atoms. The second-order valence-electron chi connectivity index (χ2n) is 3.74. The third-order valence-corrected chi connectivity index (χ3v) is 3.18. The third kappa shape index (κ3) is 3.13. The summed E-state index contributed by atoms with van der Waals surface area (Å²) in [5.41, 5.74) is 1.44. The van der Waals surface area contributed by atoms with E-state index >= 15 is 0 Å². The van der Waals surface area contributed by atoms with Crippen molar-refractivity contribution in [2.45, 2.75) is 30.3 Å². The summed E-state index contributed by atoms with van der Waals surface area (Å²) in [5.74, 6) is 0.0540. The summed E-state index contributed by atoms with van der Waals surface area (Å²) in [6.07, 6.45) is 3.88. The molecule has 0 bridgehead atoms. The summed E-state index contributed by atoms with van der Waals surface area (Å²) in [6, 6.07) is 5.46. The maximum Gasteiger partial charge on any atom is 0.192 e. The highest BCUT2D eigenvalue weighted by Gasteiger charge is 2.06. The predicted octanol–water partition coefficient (Wildman–Crippen LogP) is 2.92. The van der Waals surface area contributed by atoms with Crippen molar-refractivity contribution < 1.29 is 4.79 Å². The molecule has 2 aromatic heterocycles. The van der Waals surface area contributed by atoms with E-state index in [9.17, 15) is 4.79 Å². The smallest absolute Gasteiger partial charge is 0.192 e. The van der Waals surface area contributed by atoms with Gasteiger partial charge in [0, 0.05) is 29.4 Å². The Bertz CT molecular complexity index is 554. The van der Waals surface area contributed by atoms with E-state index in [-0.39, 0.29) is 5.78 Å². The Hall–Kier alpha value is -1.75. The first-order valence-electron chi connectivity index (χ1n) is 5.66. The standard InChI is InChI=1S/C13H13N3OS/c1-3-12(17)11-5-4-10(8-15-11)18-13-14-7-6-9(2)16-13/h4-8H,3H2,1-2H3. The van der Waals surface area contributed by atoms with Crippen molar-refractivity contribution in [1.82, 2.24) is 15.0 Å². The van der Waals surface area contributed by atoms with Gasteiger partial charge in [-0.25, -0.2) is 9.97 Å². The van der Waals surface area contributed by atoms with Crippen molar-refractivity contribution in [3.8, 4) is 0 Å². The molecule has 0 fully saturated rings. The summed E-state index contributed by atoms with van der Waals surface area (Å²) in [5, 5.41) is 0.686. The highest BCUT2D eigenvalue weighted by molar-refractivity contribution is 7.99. The molecule has 4 nitrogen and oxygen atoms in total. The molecule has 5 heteroatoms. The molecule has 0 saturated carbocycles. The molecule has 0 aliphatic heterocycles. The third-order valence-electron chi connectivity index (χ3n) is 2.32. The SMILES string of the molecule is CCC(=O)c1ccc(Sc2nccc(C)n2)cn1. The van der Waals surface area contributed by atoms with E-state index < -0.39 is 0 Å². The number of carbonyl (C=O) groups excluding carboxylic acids is 1. The maximum atomic E-state index is 11.4. The summed E-state index contributed by atoms with van der Waals surface area (Å²) >= 11 is 1.43. The van der Waals surface area contributed by atoms with Crippen molar-refractivity contribution in [3.63, 3.8) is 0 Å². The van der Waals surface area contributed by atoms with Gasteiger partial charge in [0.25, 0.3) is 0 Å². The molecule has 2 aromatic rings. The molecule has 0 saturated heterocycles. The number of ketones is 1. The van der Waals surface area contributed by atoms with Gasteiger partial charge in [-0.2, -0.15) is 0 Å². The number of nitrogens with zero attached hydrogens (tertiary/aromatic N) is 3. The second-order valence-corrected chi connectivity index (χ2v) is 4.78. The number of Topliss-reactive ketones (excluding diaryl/α,β-unsaturated/α-hetero) is 1. The van der Waals surface area contributed by atoms with E-state index in [0.717, 1.165) is 10.6 Å². The van der Waals surface area contributed by atoms with Gasteiger partial charge in [-0.1, -0.05) is 6.92 Å². The van der Waals surface area contributed by atoms with Crippen LogP contribution in [-0.2, 0) is 0 Å². The Morgan fingerprint density at radius 2 is 2.11 bits per heavy atom. The Kier molecular flexibility index (Phi) is 4.04. The zero-order valence-corrected chi connectivity index (χ0v) is 11.1. The van der Waals surface area contributed by atoms with Gasteiger partial charge in [-0.15, -0.1) is 0 Å². The van der Waals surface area contributed by atoms with Gasteiger partial charge in [0.2, 0.25) is 0 Å². The number of aromatic nitrogens is 3. The summed E-state index contributed by atoms with van der Waals surface area (Å²) in [6.45, 7) is 3.75. The van der Waals surface area contributed by atoms with Crippen LogP contribution in [0, 0.1) is 6.92 Å². The highest BCUT2D eigenvalue weighted by atomic mass is 32.2. The quantitative estimate of drug-likeness (QED) is 0.624. The monoisotopic (exact) mass is 259 g/mol. The molecule has 2 heterocycles. The minimum Gasteiger partial charge on any atom is -0.292 e. The number of carbonyl (C=O) groups is 1. The topological polar surface area (TPSA) is 55.7 Å². The average molecular weight is 259 g/mol. The minimum absolute atomic E-state index is 0.0540.